The lowest BCUT2D eigenvalue weighted by molar-refractivity contribution is 0.475. The zero-order chi connectivity index (χ0) is 15.4. The van der Waals surface area contributed by atoms with Gasteiger partial charge in [0.25, 0.3) is 5.56 Å². The molecule has 0 spiro atoms. The van der Waals surface area contributed by atoms with Crippen LogP contribution in [-0.2, 0) is 13.6 Å². The summed E-state index contributed by atoms with van der Waals surface area (Å²) in [5, 5.41) is 10.0. The number of nitrogens with one attached hydrogen (secondary N) is 1. The van der Waals surface area contributed by atoms with Gasteiger partial charge in [0.15, 0.2) is 11.2 Å². The molecule has 1 aliphatic rings. The number of hydrogen-bond acceptors (Lipinski definition) is 5. The topological polar surface area (TPSA) is 96.2 Å². The van der Waals surface area contributed by atoms with Gasteiger partial charge < -0.3 is 14.6 Å². The molecule has 1 aromatic carbocycles. The molecule has 112 valence electrons. The number of phenolic OH excluding ortho intramolecular Hbond substituents is 1. The maximum atomic E-state index is 12.1. The maximum absolute atomic E-state index is 12.1. The first-order valence-corrected chi connectivity index (χ1v) is 6.83. The average molecular weight is 299 g/mol. The number of H-pyrrole nitrogens is 1. The number of rotatable bonds is 1. The van der Waals surface area contributed by atoms with Gasteiger partial charge in [0.1, 0.15) is 5.75 Å². The molecule has 0 saturated carbocycles. The van der Waals surface area contributed by atoms with Crippen LogP contribution in [0.15, 0.2) is 33.9 Å². The number of aromatic amines is 1. The summed E-state index contributed by atoms with van der Waals surface area (Å²) in [6, 6.07) is 6.95. The van der Waals surface area contributed by atoms with Crippen LogP contribution in [0, 0.1) is 0 Å². The first-order valence-electron chi connectivity index (χ1n) is 6.83. The summed E-state index contributed by atoms with van der Waals surface area (Å²) >= 11 is 0. The van der Waals surface area contributed by atoms with Gasteiger partial charge in [0, 0.05) is 20.1 Å². The fourth-order valence-corrected chi connectivity index (χ4v) is 2.86. The highest BCUT2D eigenvalue weighted by molar-refractivity contribution is 5.78. The monoisotopic (exact) mass is 299 g/mol. The van der Waals surface area contributed by atoms with E-state index in [1.54, 1.807) is 29.8 Å². The van der Waals surface area contributed by atoms with E-state index in [-0.39, 0.29) is 5.75 Å². The smallest absolute Gasteiger partial charge is 0.329 e. The van der Waals surface area contributed by atoms with Crippen molar-refractivity contribution in [3.05, 3.63) is 45.1 Å². The second kappa shape index (κ2) is 4.23. The molecule has 0 atom stereocenters. The Morgan fingerprint density at radius 2 is 2.00 bits per heavy atom. The number of hydrogen-bond donors (Lipinski definition) is 2. The molecule has 2 N–H and O–H groups in total. The predicted octanol–water partition coefficient (Wildman–Crippen LogP) is 0.281. The molecule has 3 aromatic rings. The van der Waals surface area contributed by atoms with Crippen molar-refractivity contribution in [1.82, 2.24) is 19.1 Å². The number of benzene rings is 1. The van der Waals surface area contributed by atoms with Gasteiger partial charge in [-0.3, -0.25) is 14.3 Å². The lowest BCUT2D eigenvalue weighted by Gasteiger charge is -2.16. The molecule has 0 bridgehead atoms. The lowest BCUT2D eigenvalue weighted by atomic mass is 10.2. The molecule has 0 amide bonds. The fourth-order valence-electron chi connectivity index (χ4n) is 2.86. The molecule has 0 aliphatic carbocycles. The number of anilines is 2. The Hall–Kier alpha value is -3.03. The van der Waals surface area contributed by atoms with Crippen molar-refractivity contribution < 1.29 is 5.11 Å². The highest BCUT2D eigenvalue weighted by Gasteiger charge is 2.28. The summed E-state index contributed by atoms with van der Waals surface area (Å²) in [6.07, 6.45) is 0. The molecule has 4 rings (SSSR count). The van der Waals surface area contributed by atoms with Crippen LogP contribution < -0.4 is 16.1 Å². The molecule has 0 fully saturated rings. The van der Waals surface area contributed by atoms with Gasteiger partial charge in [-0.2, -0.15) is 4.98 Å². The first-order chi connectivity index (χ1) is 10.6. The Morgan fingerprint density at radius 3 is 2.77 bits per heavy atom. The Bertz CT molecular complexity index is 1010. The summed E-state index contributed by atoms with van der Waals surface area (Å²) in [5.41, 5.74) is 0.385. The normalized spacial score (nSPS) is 13.8. The summed E-state index contributed by atoms with van der Waals surface area (Å²) in [7, 11) is 1.56. The number of fused-ring (bicyclic) bond motifs is 3. The van der Waals surface area contributed by atoms with Gasteiger partial charge in [0.05, 0.1) is 5.69 Å². The van der Waals surface area contributed by atoms with Gasteiger partial charge in [-0.15, -0.1) is 0 Å². The SMILES string of the molecule is Cn1c(=O)[nH]c(=O)c2c1nc1n2CCN1c1ccccc1O. The quantitative estimate of drug-likeness (QED) is 0.673. The van der Waals surface area contributed by atoms with E-state index in [1.165, 1.54) is 4.57 Å². The van der Waals surface area contributed by atoms with Gasteiger partial charge >= 0.3 is 5.69 Å². The van der Waals surface area contributed by atoms with Crippen molar-refractivity contribution in [3.8, 4) is 5.75 Å². The summed E-state index contributed by atoms with van der Waals surface area (Å²) in [5.74, 6) is 0.689. The van der Waals surface area contributed by atoms with Crippen LogP contribution in [0.3, 0.4) is 0 Å². The minimum Gasteiger partial charge on any atom is -0.506 e. The molecular weight excluding hydrogens is 286 g/mol. The number of aryl methyl sites for hydroxylation is 1. The Labute approximate surface area is 123 Å². The maximum Gasteiger partial charge on any atom is 0.329 e. The lowest BCUT2D eigenvalue weighted by Crippen LogP contribution is -2.29. The van der Waals surface area contributed by atoms with Gasteiger partial charge in [-0.25, -0.2) is 4.79 Å². The van der Waals surface area contributed by atoms with Crippen molar-refractivity contribution in [2.45, 2.75) is 6.54 Å². The van der Waals surface area contributed by atoms with E-state index in [2.05, 4.69) is 9.97 Å². The Balaban J connectivity index is 2.01. The molecular formula is C14H13N5O3. The van der Waals surface area contributed by atoms with Crippen LogP contribution >= 0.6 is 0 Å². The first kappa shape index (κ1) is 12.7. The number of nitrogens with zero attached hydrogens (tertiary/aromatic N) is 4. The highest BCUT2D eigenvalue weighted by Crippen LogP contribution is 2.36. The molecule has 22 heavy (non-hydrogen) atoms. The fraction of sp³-hybridized carbons (Fsp3) is 0.214. The molecule has 3 heterocycles. The molecule has 2 aromatic heterocycles. The van der Waals surface area contributed by atoms with Gasteiger partial charge in [-0.1, -0.05) is 12.1 Å². The van der Waals surface area contributed by atoms with Crippen LogP contribution in [0.1, 0.15) is 0 Å². The van der Waals surface area contributed by atoms with E-state index in [4.69, 9.17) is 0 Å². The molecule has 0 saturated heterocycles. The zero-order valence-corrected chi connectivity index (χ0v) is 11.8. The second-order valence-electron chi connectivity index (χ2n) is 5.19. The van der Waals surface area contributed by atoms with E-state index in [0.29, 0.717) is 35.9 Å². The predicted molar refractivity (Wildman–Crippen MR) is 80.7 cm³/mol. The highest BCUT2D eigenvalue weighted by atomic mass is 16.3. The van der Waals surface area contributed by atoms with Gasteiger partial charge in [0.2, 0.25) is 5.95 Å². The van der Waals surface area contributed by atoms with Crippen molar-refractivity contribution in [2.75, 3.05) is 11.4 Å². The Morgan fingerprint density at radius 1 is 1.23 bits per heavy atom. The summed E-state index contributed by atoms with van der Waals surface area (Å²) in [6.45, 7) is 1.15. The Kier molecular flexibility index (Phi) is 2.44. The number of para-hydroxylation sites is 2. The largest absolute Gasteiger partial charge is 0.506 e. The molecule has 1 aliphatic heterocycles. The average Bonchev–Trinajstić information content (AvgIpc) is 3.04. The third-order valence-electron chi connectivity index (χ3n) is 3.95. The van der Waals surface area contributed by atoms with Crippen LogP contribution in [0.2, 0.25) is 0 Å². The number of imidazole rings is 1. The molecule has 0 unspecified atom stereocenters. The number of phenols is 1. The summed E-state index contributed by atoms with van der Waals surface area (Å²) < 4.78 is 3.07. The molecule has 0 radical (unpaired) electrons. The van der Waals surface area contributed by atoms with Crippen molar-refractivity contribution >= 4 is 22.8 Å². The standard InChI is InChI=1S/C14H13N5O3/c1-17-11-10(12(21)16-14(17)22)19-7-6-18(13(19)15-11)8-4-2-3-5-9(8)20/h2-5,20H,6-7H2,1H3,(H,16,21,22). The third-order valence-corrected chi connectivity index (χ3v) is 3.95. The number of aromatic nitrogens is 4. The zero-order valence-electron chi connectivity index (χ0n) is 11.8. The van der Waals surface area contributed by atoms with Crippen molar-refractivity contribution in [2.24, 2.45) is 7.05 Å². The number of aromatic hydroxyl groups is 1. The van der Waals surface area contributed by atoms with Crippen LogP contribution in [0.5, 0.6) is 5.75 Å². The van der Waals surface area contributed by atoms with Crippen LogP contribution in [-0.4, -0.2) is 30.8 Å². The van der Waals surface area contributed by atoms with E-state index < -0.39 is 11.2 Å². The van der Waals surface area contributed by atoms with Crippen LogP contribution in [0.25, 0.3) is 11.2 Å². The molecule has 8 heteroatoms. The van der Waals surface area contributed by atoms with E-state index in [9.17, 15) is 14.7 Å². The van der Waals surface area contributed by atoms with Crippen molar-refractivity contribution in [3.63, 3.8) is 0 Å². The minimum atomic E-state index is -0.497. The minimum absolute atomic E-state index is 0.144. The van der Waals surface area contributed by atoms with E-state index >= 15 is 0 Å². The van der Waals surface area contributed by atoms with Crippen molar-refractivity contribution in [1.29, 1.82) is 0 Å². The van der Waals surface area contributed by atoms with E-state index in [0.717, 1.165) is 0 Å². The third kappa shape index (κ3) is 1.54. The summed E-state index contributed by atoms with van der Waals surface area (Å²) in [4.78, 5) is 32.3. The second-order valence-corrected chi connectivity index (χ2v) is 5.19. The van der Waals surface area contributed by atoms with Crippen LogP contribution in [0.4, 0.5) is 11.6 Å². The molecule has 8 nitrogen and oxygen atoms in total. The van der Waals surface area contributed by atoms with E-state index in [1.807, 2.05) is 11.0 Å². The van der Waals surface area contributed by atoms with Gasteiger partial charge in [-0.05, 0) is 12.1 Å².